The third kappa shape index (κ3) is 3.23. The van der Waals surface area contributed by atoms with Gasteiger partial charge in [-0.1, -0.05) is 19.1 Å². The van der Waals surface area contributed by atoms with Crippen molar-refractivity contribution in [3.05, 3.63) is 35.4 Å². The van der Waals surface area contributed by atoms with Gasteiger partial charge in [-0.3, -0.25) is 0 Å². The molecule has 1 nitrogen and oxygen atoms in total. The van der Waals surface area contributed by atoms with Crippen molar-refractivity contribution in [3.63, 3.8) is 0 Å². The molecule has 2 unspecified atom stereocenters. The summed E-state index contributed by atoms with van der Waals surface area (Å²) in [7, 11) is 0. The Labute approximate surface area is 111 Å². The molecule has 4 heteroatoms. The Morgan fingerprint density at radius 2 is 2.28 bits per heavy atom. The zero-order valence-electron chi connectivity index (χ0n) is 10.6. The fourth-order valence-corrected chi connectivity index (χ4v) is 3.82. The van der Waals surface area contributed by atoms with Gasteiger partial charge in [-0.2, -0.15) is 11.8 Å². The van der Waals surface area contributed by atoms with E-state index in [2.05, 4.69) is 12.2 Å². The van der Waals surface area contributed by atoms with Gasteiger partial charge in [0.25, 0.3) is 0 Å². The first-order valence-electron chi connectivity index (χ1n) is 6.46. The first kappa shape index (κ1) is 13.8. The summed E-state index contributed by atoms with van der Waals surface area (Å²) < 4.78 is 26.9. The molecule has 1 aromatic rings. The van der Waals surface area contributed by atoms with Gasteiger partial charge < -0.3 is 5.32 Å². The smallest absolute Gasteiger partial charge is 0.162 e. The average Bonchev–Trinajstić information content (AvgIpc) is 2.88. The van der Waals surface area contributed by atoms with Gasteiger partial charge in [-0.15, -0.1) is 0 Å². The Balaban J connectivity index is 2.10. The Hall–Kier alpha value is -0.610. The van der Waals surface area contributed by atoms with Gasteiger partial charge in [0.2, 0.25) is 0 Å². The fraction of sp³-hybridized carbons (Fsp3) is 0.571. The van der Waals surface area contributed by atoms with Crippen molar-refractivity contribution >= 4 is 11.8 Å². The highest BCUT2D eigenvalue weighted by Crippen LogP contribution is 2.28. The highest BCUT2D eigenvalue weighted by molar-refractivity contribution is 7.99. The van der Waals surface area contributed by atoms with Gasteiger partial charge in [0.1, 0.15) is 0 Å². The molecule has 1 saturated heterocycles. The molecular formula is C14H19F2NS. The van der Waals surface area contributed by atoms with Crippen molar-refractivity contribution in [2.24, 2.45) is 5.92 Å². The predicted octanol–water partition coefficient (Wildman–Crippen LogP) is 3.24. The van der Waals surface area contributed by atoms with E-state index in [1.165, 1.54) is 18.2 Å². The molecule has 0 aromatic heterocycles. The van der Waals surface area contributed by atoms with Crippen molar-refractivity contribution in [3.8, 4) is 0 Å². The zero-order chi connectivity index (χ0) is 13.0. The fourth-order valence-electron chi connectivity index (χ4n) is 2.48. The van der Waals surface area contributed by atoms with E-state index in [-0.39, 0.29) is 6.04 Å². The molecule has 1 aliphatic rings. The maximum absolute atomic E-state index is 13.7. The van der Waals surface area contributed by atoms with E-state index in [1.807, 2.05) is 11.8 Å². The highest BCUT2D eigenvalue weighted by Gasteiger charge is 2.26. The van der Waals surface area contributed by atoms with E-state index >= 15 is 0 Å². The quantitative estimate of drug-likeness (QED) is 0.882. The van der Waals surface area contributed by atoms with Crippen LogP contribution in [0.4, 0.5) is 8.78 Å². The van der Waals surface area contributed by atoms with Crippen molar-refractivity contribution in [2.45, 2.75) is 25.8 Å². The van der Waals surface area contributed by atoms with Crippen LogP contribution in [-0.2, 0) is 6.42 Å². The second kappa shape index (κ2) is 6.53. The van der Waals surface area contributed by atoms with E-state index < -0.39 is 11.6 Å². The van der Waals surface area contributed by atoms with E-state index in [0.29, 0.717) is 17.9 Å². The lowest BCUT2D eigenvalue weighted by Crippen LogP contribution is -2.38. The van der Waals surface area contributed by atoms with Crippen molar-refractivity contribution in [2.75, 3.05) is 18.1 Å². The standard InChI is InChI=1S/C14H19F2NS/c1-2-17-13(11-6-7-18-9-11)8-10-4-3-5-12(15)14(10)16/h3-5,11,13,17H,2,6-9H2,1H3. The van der Waals surface area contributed by atoms with Crippen molar-refractivity contribution in [1.82, 2.24) is 5.32 Å². The molecular weight excluding hydrogens is 252 g/mol. The number of rotatable bonds is 5. The van der Waals surface area contributed by atoms with E-state index in [9.17, 15) is 8.78 Å². The van der Waals surface area contributed by atoms with Crippen LogP contribution in [0.25, 0.3) is 0 Å². The molecule has 0 amide bonds. The van der Waals surface area contributed by atoms with Gasteiger partial charge >= 0.3 is 0 Å². The van der Waals surface area contributed by atoms with E-state index in [1.54, 1.807) is 12.1 Å². The molecule has 1 N–H and O–H groups in total. The molecule has 0 radical (unpaired) electrons. The minimum atomic E-state index is -0.747. The summed E-state index contributed by atoms with van der Waals surface area (Å²) in [5, 5.41) is 3.42. The molecule has 18 heavy (non-hydrogen) atoms. The third-order valence-electron chi connectivity index (χ3n) is 3.47. The minimum Gasteiger partial charge on any atom is -0.314 e. The van der Waals surface area contributed by atoms with Crippen LogP contribution in [0, 0.1) is 17.6 Å². The molecule has 2 rings (SSSR count). The Kier molecular flexibility index (Phi) is 5.01. The molecule has 0 bridgehead atoms. The number of nitrogens with one attached hydrogen (secondary N) is 1. The van der Waals surface area contributed by atoms with Crippen LogP contribution >= 0.6 is 11.8 Å². The van der Waals surface area contributed by atoms with Crippen LogP contribution in [0.3, 0.4) is 0 Å². The van der Waals surface area contributed by atoms with Crippen molar-refractivity contribution in [1.29, 1.82) is 0 Å². The largest absolute Gasteiger partial charge is 0.314 e. The number of thioether (sulfide) groups is 1. The SMILES string of the molecule is CCNC(Cc1cccc(F)c1F)C1CCSC1. The summed E-state index contributed by atoms with van der Waals surface area (Å²) in [6.07, 6.45) is 1.74. The summed E-state index contributed by atoms with van der Waals surface area (Å²) in [6, 6.07) is 4.69. The maximum atomic E-state index is 13.7. The van der Waals surface area contributed by atoms with Crippen LogP contribution in [0.1, 0.15) is 18.9 Å². The van der Waals surface area contributed by atoms with Gasteiger partial charge in [0.05, 0.1) is 0 Å². The predicted molar refractivity (Wildman–Crippen MR) is 73.0 cm³/mol. The van der Waals surface area contributed by atoms with Crippen LogP contribution in [0.2, 0.25) is 0 Å². The van der Waals surface area contributed by atoms with Gasteiger partial charge in [0.15, 0.2) is 11.6 Å². The lowest BCUT2D eigenvalue weighted by Gasteiger charge is -2.24. The Morgan fingerprint density at radius 3 is 2.94 bits per heavy atom. The molecule has 1 fully saturated rings. The Bertz CT molecular complexity index is 391. The molecule has 0 spiro atoms. The summed E-state index contributed by atoms with van der Waals surface area (Å²) in [4.78, 5) is 0. The molecule has 1 aliphatic heterocycles. The van der Waals surface area contributed by atoms with Crippen LogP contribution in [0.5, 0.6) is 0 Å². The summed E-state index contributed by atoms with van der Waals surface area (Å²) >= 11 is 1.95. The first-order chi connectivity index (χ1) is 8.72. The van der Waals surface area contributed by atoms with Gasteiger partial charge in [-0.25, -0.2) is 8.78 Å². The van der Waals surface area contributed by atoms with Crippen LogP contribution in [0.15, 0.2) is 18.2 Å². The molecule has 100 valence electrons. The maximum Gasteiger partial charge on any atom is 0.162 e. The second-order valence-electron chi connectivity index (χ2n) is 4.70. The summed E-state index contributed by atoms with van der Waals surface area (Å²) in [6.45, 7) is 2.92. The number of likely N-dealkylation sites (N-methyl/N-ethyl adjacent to an activating group) is 1. The monoisotopic (exact) mass is 271 g/mol. The third-order valence-corrected chi connectivity index (χ3v) is 4.66. The second-order valence-corrected chi connectivity index (χ2v) is 5.85. The normalized spacial score (nSPS) is 21.2. The molecule has 0 saturated carbocycles. The molecule has 1 aromatic carbocycles. The van der Waals surface area contributed by atoms with Crippen molar-refractivity contribution < 1.29 is 8.78 Å². The number of halogens is 2. The minimum absolute atomic E-state index is 0.251. The topological polar surface area (TPSA) is 12.0 Å². The van der Waals surface area contributed by atoms with E-state index in [4.69, 9.17) is 0 Å². The lowest BCUT2D eigenvalue weighted by atomic mass is 9.92. The number of hydrogen-bond donors (Lipinski definition) is 1. The number of benzene rings is 1. The summed E-state index contributed by atoms with van der Waals surface area (Å²) in [5.74, 6) is 1.43. The van der Waals surface area contributed by atoms with Gasteiger partial charge in [-0.05, 0) is 48.4 Å². The lowest BCUT2D eigenvalue weighted by molar-refractivity contribution is 0.379. The number of hydrogen-bond acceptors (Lipinski definition) is 2. The summed E-state index contributed by atoms with van der Waals surface area (Å²) in [5.41, 5.74) is 0.484. The molecule has 2 atom stereocenters. The molecule has 1 heterocycles. The average molecular weight is 271 g/mol. The Morgan fingerprint density at radius 1 is 1.44 bits per heavy atom. The van der Waals surface area contributed by atoms with Gasteiger partial charge in [0, 0.05) is 6.04 Å². The van der Waals surface area contributed by atoms with E-state index in [0.717, 1.165) is 12.3 Å². The van der Waals surface area contributed by atoms with Crippen LogP contribution < -0.4 is 5.32 Å². The zero-order valence-corrected chi connectivity index (χ0v) is 11.4. The highest BCUT2D eigenvalue weighted by atomic mass is 32.2. The van der Waals surface area contributed by atoms with Crippen LogP contribution in [-0.4, -0.2) is 24.1 Å². The molecule has 0 aliphatic carbocycles. The first-order valence-corrected chi connectivity index (χ1v) is 7.61.